The van der Waals surface area contributed by atoms with Gasteiger partial charge in [-0.3, -0.25) is 0 Å². The lowest BCUT2D eigenvalue weighted by Gasteiger charge is -2.33. The van der Waals surface area contributed by atoms with E-state index in [4.69, 9.17) is 0 Å². The van der Waals surface area contributed by atoms with Gasteiger partial charge in [0.2, 0.25) is 0 Å². The van der Waals surface area contributed by atoms with Crippen LogP contribution in [-0.2, 0) is 0 Å². The van der Waals surface area contributed by atoms with Gasteiger partial charge in [0.1, 0.15) is 6.04 Å². The molecule has 2 atom stereocenters. The molecule has 0 aliphatic carbocycles. The number of hydrogen-bond donors (Lipinski definition) is 2. The smallest absolute Gasteiger partial charge is 0.352 e. The van der Waals surface area contributed by atoms with Crippen molar-refractivity contribution < 1.29 is 5.11 Å². The molecule has 2 N–H and O–H groups in total. The van der Waals surface area contributed by atoms with E-state index in [1.54, 1.807) is 37.3 Å². The van der Waals surface area contributed by atoms with Gasteiger partial charge in [-0.15, -0.1) is 0 Å². The van der Waals surface area contributed by atoms with Crippen LogP contribution in [0, 0.1) is 5.41 Å². The van der Waals surface area contributed by atoms with E-state index in [1.165, 1.54) is 0 Å². The molecule has 0 unspecified atom stereocenters. The molecule has 6 nitrogen and oxygen atoms in total. The maximum atomic E-state index is 12.7. The molecule has 0 spiro atoms. The molecule has 0 bridgehead atoms. The predicted molar refractivity (Wildman–Crippen MR) is 90.0 cm³/mol. The Kier molecular flexibility index (Phi) is 4.47. The van der Waals surface area contributed by atoms with E-state index in [1.807, 2.05) is 20.8 Å². The zero-order valence-corrected chi connectivity index (χ0v) is 13.9. The zero-order chi connectivity index (χ0) is 17.4. The maximum absolute atomic E-state index is 12.7. The van der Waals surface area contributed by atoms with Crippen LogP contribution in [0.2, 0.25) is 0 Å². The molecule has 0 amide bonds. The van der Waals surface area contributed by atoms with Crippen LogP contribution >= 0.6 is 0 Å². The summed E-state index contributed by atoms with van der Waals surface area (Å²) in [5, 5.41) is 13.1. The van der Waals surface area contributed by atoms with Gasteiger partial charge >= 0.3 is 11.4 Å². The monoisotopic (exact) mass is 317 g/mol. The summed E-state index contributed by atoms with van der Waals surface area (Å²) in [6, 6.07) is 7.95. The van der Waals surface area contributed by atoms with E-state index in [0.717, 1.165) is 9.25 Å². The number of para-hydroxylation sites is 1. The quantitative estimate of drug-likeness (QED) is 0.845. The third-order valence-corrected chi connectivity index (χ3v) is 3.80. The van der Waals surface area contributed by atoms with Crippen LogP contribution in [0.1, 0.15) is 33.7 Å². The van der Waals surface area contributed by atoms with Gasteiger partial charge in [-0.25, -0.2) is 23.9 Å². The molecule has 0 aliphatic heterocycles. The Hall–Kier alpha value is -2.34. The van der Waals surface area contributed by atoms with E-state index in [9.17, 15) is 14.7 Å². The Balaban J connectivity index is 2.63. The molecular weight excluding hydrogens is 294 g/mol. The summed E-state index contributed by atoms with van der Waals surface area (Å²) < 4.78 is 2.21. The van der Waals surface area contributed by atoms with Crippen LogP contribution in [0.4, 0.5) is 0 Å². The summed E-state index contributed by atoms with van der Waals surface area (Å²) >= 11 is 0. The molecule has 2 aromatic rings. The van der Waals surface area contributed by atoms with Gasteiger partial charge in [-0.05, 0) is 24.5 Å². The summed E-state index contributed by atoms with van der Waals surface area (Å²) in [5.74, 6) is 0. The number of H-pyrrole nitrogens is 1. The number of rotatable bonds is 4. The minimum Gasteiger partial charge on any atom is -0.390 e. The summed E-state index contributed by atoms with van der Waals surface area (Å²) in [6.45, 7) is 11.2. The highest BCUT2D eigenvalue weighted by Gasteiger charge is 2.34. The first kappa shape index (κ1) is 17.0. The lowest BCUT2D eigenvalue weighted by atomic mass is 9.82. The summed E-state index contributed by atoms with van der Waals surface area (Å²) in [5.41, 5.74) is -0.486. The number of benzene rings is 1. The molecule has 2 rings (SSSR count). The molecule has 0 radical (unpaired) electrons. The van der Waals surface area contributed by atoms with Gasteiger partial charge in [0.15, 0.2) is 0 Å². The average Bonchev–Trinajstić information content (AvgIpc) is 2.74. The van der Waals surface area contributed by atoms with Crippen LogP contribution in [0.3, 0.4) is 0 Å². The highest BCUT2D eigenvalue weighted by Crippen LogP contribution is 2.30. The van der Waals surface area contributed by atoms with Gasteiger partial charge < -0.3 is 5.11 Å². The molecule has 0 fully saturated rings. The van der Waals surface area contributed by atoms with Gasteiger partial charge in [0, 0.05) is 0 Å². The number of hydrogen-bond acceptors (Lipinski definition) is 3. The third kappa shape index (κ3) is 3.22. The Morgan fingerprint density at radius 1 is 1.22 bits per heavy atom. The van der Waals surface area contributed by atoms with Crippen LogP contribution in [-0.4, -0.2) is 25.6 Å². The van der Waals surface area contributed by atoms with Crippen molar-refractivity contribution in [1.29, 1.82) is 0 Å². The van der Waals surface area contributed by atoms with E-state index in [-0.39, 0.29) is 0 Å². The lowest BCUT2D eigenvalue weighted by Crippen LogP contribution is -2.40. The van der Waals surface area contributed by atoms with E-state index in [2.05, 4.69) is 11.7 Å². The summed E-state index contributed by atoms with van der Waals surface area (Å²) in [7, 11) is 0. The maximum Gasteiger partial charge on any atom is 0.352 e. The van der Waals surface area contributed by atoms with E-state index < -0.39 is 28.9 Å². The molecule has 1 aromatic carbocycles. The topological polar surface area (TPSA) is 80.0 Å². The van der Waals surface area contributed by atoms with Crippen LogP contribution in [0.25, 0.3) is 5.69 Å². The molecule has 23 heavy (non-hydrogen) atoms. The number of aliphatic hydroxyl groups excluding tert-OH is 1. The second-order valence-corrected chi connectivity index (χ2v) is 6.84. The fourth-order valence-electron chi connectivity index (χ4n) is 2.49. The summed E-state index contributed by atoms with van der Waals surface area (Å²) in [4.78, 5) is 24.9. The molecule has 124 valence electrons. The molecule has 6 heteroatoms. The van der Waals surface area contributed by atoms with E-state index >= 15 is 0 Å². The SMILES string of the molecule is C=C(C)[C@@H]([C@@H](O)C(C)(C)C)n1[nH]c(=O)n(-c2ccccc2)c1=O. The Morgan fingerprint density at radius 3 is 2.26 bits per heavy atom. The van der Waals surface area contributed by atoms with Crippen LogP contribution in [0.15, 0.2) is 52.1 Å². The van der Waals surface area contributed by atoms with Gasteiger partial charge in [-0.1, -0.05) is 51.1 Å². The standard InChI is InChI=1S/C17H23N3O3/c1-11(2)13(14(21)17(3,4)5)20-16(23)19(15(22)18-20)12-9-7-6-8-10-12/h6-10,13-14,21H,1H2,2-5H3,(H,18,22)/t13-,14+/m0/s1. The molecule has 1 aromatic heterocycles. The molecule has 1 heterocycles. The molecular formula is C17H23N3O3. The minimum atomic E-state index is -0.875. The number of aliphatic hydroxyl groups is 1. The van der Waals surface area contributed by atoms with Crippen LogP contribution < -0.4 is 11.4 Å². The lowest BCUT2D eigenvalue weighted by molar-refractivity contribution is 0.0237. The second-order valence-electron chi connectivity index (χ2n) is 6.84. The number of aromatic amines is 1. The van der Waals surface area contributed by atoms with Crippen LogP contribution in [0.5, 0.6) is 0 Å². The second kappa shape index (κ2) is 6.04. The predicted octanol–water partition coefficient (Wildman–Crippen LogP) is 1.85. The fourth-order valence-corrected chi connectivity index (χ4v) is 2.49. The normalized spacial score (nSPS) is 14.5. The van der Waals surface area contributed by atoms with Crippen molar-refractivity contribution in [3.05, 3.63) is 63.5 Å². The van der Waals surface area contributed by atoms with Gasteiger partial charge in [0.25, 0.3) is 0 Å². The van der Waals surface area contributed by atoms with Crippen molar-refractivity contribution in [2.75, 3.05) is 0 Å². The average molecular weight is 317 g/mol. The molecule has 0 aliphatic rings. The van der Waals surface area contributed by atoms with Crippen molar-refractivity contribution in [3.8, 4) is 5.69 Å². The largest absolute Gasteiger partial charge is 0.390 e. The first-order valence-electron chi connectivity index (χ1n) is 7.47. The summed E-state index contributed by atoms with van der Waals surface area (Å²) in [6.07, 6.45) is -0.875. The minimum absolute atomic E-state index is 0.475. The Bertz CT molecular complexity index is 806. The first-order valence-corrected chi connectivity index (χ1v) is 7.47. The van der Waals surface area contributed by atoms with Gasteiger partial charge in [-0.2, -0.15) is 0 Å². The van der Waals surface area contributed by atoms with Crippen molar-refractivity contribution in [3.63, 3.8) is 0 Å². The first-order chi connectivity index (χ1) is 10.6. The molecule has 0 saturated carbocycles. The Labute approximate surface area is 134 Å². The number of aromatic nitrogens is 3. The van der Waals surface area contributed by atoms with Crippen molar-refractivity contribution in [1.82, 2.24) is 14.3 Å². The van der Waals surface area contributed by atoms with Crippen molar-refractivity contribution >= 4 is 0 Å². The highest BCUT2D eigenvalue weighted by atomic mass is 16.3. The van der Waals surface area contributed by atoms with Crippen molar-refractivity contribution in [2.24, 2.45) is 5.41 Å². The number of nitrogens with zero attached hydrogens (tertiary/aromatic N) is 2. The van der Waals surface area contributed by atoms with Crippen molar-refractivity contribution in [2.45, 2.75) is 39.8 Å². The third-order valence-electron chi connectivity index (χ3n) is 3.80. The Morgan fingerprint density at radius 2 is 1.78 bits per heavy atom. The van der Waals surface area contributed by atoms with E-state index in [0.29, 0.717) is 11.3 Å². The highest BCUT2D eigenvalue weighted by molar-refractivity contribution is 5.30. The molecule has 0 saturated heterocycles. The number of nitrogens with one attached hydrogen (secondary N) is 1. The fraction of sp³-hybridized carbons (Fsp3) is 0.412. The van der Waals surface area contributed by atoms with Gasteiger partial charge in [0.05, 0.1) is 11.8 Å². The zero-order valence-electron chi connectivity index (χ0n) is 13.9.